The van der Waals surface area contributed by atoms with Gasteiger partial charge in [-0.15, -0.1) is 0 Å². The van der Waals surface area contributed by atoms with Crippen LogP contribution >= 0.6 is 0 Å². The van der Waals surface area contributed by atoms with E-state index in [-0.39, 0.29) is 12.1 Å². The number of amides is 4. The molecule has 6 unspecified atom stereocenters. The van der Waals surface area contributed by atoms with Crippen molar-refractivity contribution in [2.24, 2.45) is 35.5 Å². The summed E-state index contributed by atoms with van der Waals surface area (Å²) in [5, 5.41) is 12.0. The molecule has 5 rings (SSSR count). The van der Waals surface area contributed by atoms with Gasteiger partial charge in [0, 0.05) is 24.5 Å². The number of hydrogen-bond donors (Lipinski definition) is 4. The molecule has 4 N–H and O–H groups in total. The van der Waals surface area contributed by atoms with Crippen LogP contribution in [0.25, 0.3) is 0 Å². The van der Waals surface area contributed by atoms with E-state index in [9.17, 15) is 9.59 Å². The number of aryl methyl sites for hydroxylation is 1. The average molecular weight is 425 g/mol. The molecular formula is C25H36N4O2. The predicted octanol–water partition coefficient (Wildman–Crippen LogP) is 5.11. The normalized spacial score (nSPS) is 32.8. The third-order valence-corrected chi connectivity index (χ3v) is 8.56. The van der Waals surface area contributed by atoms with Crippen LogP contribution in [0.4, 0.5) is 21.0 Å². The quantitative estimate of drug-likeness (QED) is 0.512. The predicted molar refractivity (Wildman–Crippen MR) is 123 cm³/mol. The molecule has 6 heteroatoms. The highest BCUT2D eigenvalue weighted by atomic mass is 16.2. The van der Waals surface area contributed by atoms with Crippen molar-refractivity contribution < 1.29 is 9.59 Å². The van der Waals surface area contributed by atoms with Crippen molar-refractivity contribution in [1.82, 2.24) is 10.6 Å². The number of rotatable bonds is 6. The molecule has 4 aliphatic carbocycles. The molecule has 6 nitrogen and oxygen atoms in total. The second kappa shape index (κ2) is 8.71. The summed E-state index contributed by atoms with van der Waals surface area (Å²) < 4.78 is 0. The molecule has 6 atom stereocenters. The largest absolute Gasteiger partial charge is 0.338 e. The van der Waals surface area contributed by atoms with Gasteiger partial charge in [-0.2, -0.15) is 0 Å². The Balaban J connectivity index is 1.09. The van der Waals surface area contributed by atoms with E-state index in [1.54, 1.807) is 0 Å². The molecule has 4 bridgehead atoms. The maximum Gasteiger partial charge on any atom is 0.319 e. The summed E-state index contributed by atoms with van der Waals surface area (Å²) in [6, 6.07) is 5.31. The molecule has 0 saturated heterocycles. The van der Waals surface area contributed by atoms with Gasteiger partial charge in [0.25, 0.3) is 0 Å². The molecule has 168 valence electrons. The summed E-state index contributed by atoms with van der Waals surface area (Å²) in [5.74, 6) is 4.66. The molecule has 0 radical (unpaired) electrons. The van der Waals surface area contributed by atoms with Gasteiger partial charge < -0.3 is 21.3 Å². The van der Waals surface area contributed by atoms with Gasteiger partial charge in [-0.3, -0.25) is 0 Å². The topological polar surface area (TPSA) is 82.3 Å². The number of hydrogen-bond acceptors (Lipinski definition) is 2. The minimum atomic E-state index is -0.168. The van der Waals surface area contributed by atoms with Gasteiger partial charge in [0.15, 0.2) is 0 Å². The molecule has 1 aromatic rings. The molecule has 4 amide bonds. The zero-order chi connectivity index (χ0) is 21.4. The molecule has 31 heavy (non-hydrogen) atoms. The summed E-state index contributed by atoms with van der Waals surface area (Å²) in [7, 11) is 0. The number of carbonyl (C=O) groups excluding carboxylic acids is 2. The van der Waals surface area contributed by atoms with E-state index >= 15 is 0 Å². The Morgan fingerprint density at radius 3 is 1.90 bits per heavy atom. The van der Waals surface area contributed by atoms with Gasteiger partial charge >= 0.3 is 12.1 Å². The second-order valence-corrected chi connectivity index (χ2v) is 10.6. The molecule has 0 aliphatic heterocycles. The fraction of sp³-hybridized carbons (Fsp3) is 0.680. The van der Waals surface area contributed by atoms with Crippen molar-refractivity contribution >= 4 is 23.4 Å². The molecule has 0 spiro atoms. The van der Waals surface area contributed by atoms with E-state index in [2.05, 4.69) is 21.3 Å². The molecule has 1 aromatic carbocycles. The maximum absolute atomic E-state index is 12.5. The summed E-state index contributed by atoms with van der Waals surface area (Å²) >= 11 is 0. The van der Waals surface area contributed by atoms with Crippen molar-refractivity contribution in [3.8, 4) is 0 Å². The van der Waals surface area contributed by atoms with E-state index in [1.807, 2.05) is 25.1 Å². The number of benzene rings is 1. The van der Waals surface area contributed by atoms with Gasteiger partial charge in [0.05, 0.1) is 0 Å². The standard InChI is InChI=1S/C25H36N4O2/c1-15-2-7-22(28-24(30)26-13-20-10-16-3-5-18(20)8-16)12-23(15)29-25(31)27-14-21-11-17-4-6-19(21)9-17/h2,7,12,16-21H,3-6,8-11,13-14H2,1H3,(H2,26,28,30)(H2,27,29,31). The SMILES string of the molecule is Cc1ccc(NC(=O)NCC2CC3CCC2C3)cc1NC(=O)NCC1CC2CCC1C2. The zero-order valence-corrected chi connectivity index (χ0v) is 18.6. The lowest BCUT2D eigenvalue weighted by atomic mass is 9.89. The van der Waals surface area contributed by atoms with Gasteiger partial charge in [-0.1, -0.05) is 18.9 Å². The maximum atomic E-state index is 12.5. The molecular weight excluding hydrogens is 388 g/mol. The monoisotopic (exact) mass is 424 g/mol. The first kappa shape index (κ1) is 20.7. The first-order chi connectivity index (χ1) is 15.0. The van der Waals surface area contributed by atoms with Crippen LogP contribution in [0.2, 0.25) is 0 Å². The Morgan fingerprint density at radius 2 is 1.39 bits per heavy atom. The Labute approximate surface area is 185 Å². The van der Waals surface area contributed by atoms with Crippen molar-refractivity contribution in [2.75, 3.05) is 23.7 Å². The Hall–Kier alpha value is -2.24. The van der Waals surface area contributed by atoms with Crippen LogP contribution < -0.4 is 21.3 Å². The number of anilines is 2. The summed E-state index contributed by atoms with van der Waals surface area (Å²) in [6.07, 6.45) is 10.6. The Morgan fingerprint density at radius 1 is 0.806 bits per heavy atom. The molecule has 4 fully saturated rings. The minimum absolute atomic E-state index is 0.163. The molecule has 4 saturated carbocycles. The first-order valence-corrected chi connectivity index (χ1v) is 12.2. The number of carbonyl (C=O) groups is 2. The van der Waals surface area contributed by atoms with Gasteiger partial charge in [0.2, 0.25) is 0 Å². The highest BCUT2D eigenvalue weighted by Gasteiger charge is 2.40. The smallest absolute Gasteiger partial charge is 0.319 e. The van der Waals surface area contributed by atoms with Crippen LogP contribution in [0.3, 0.4) is 0 Å². The lowest BCUT2D eigenvalue weighted by Gasteiger charge is -2.22. The van der Waals surface area contributed by atoms with E-state index in [0.717, 1.165) is 48.0 Å². The van der Waals surface area contributed by atoms with Crippen LogP contribution in [0.15, 0.2) is 18.2 Å². The van der Waals surface area contributed by atoms with Crippen LogP contribution in [0, 0.1) is 42.4 Å². The minimum Gasteiger partial charge on any atom is -0.338 e. The first-order valence-electron chi connectivity index (χ1n) is 12.2. The fourth-order valence-corrected chi connectivity index (χ4v) is 6.88. The third kappa shape index (κ3) is 4.68. The molecule has 0 aromatic heterocycles. The highest BCUT2D eigenvalue weighted by molar-refractivity contribution is 5.93. The van der Waals surface area contributed by atoms with Crippen molar-refractivity contribution in [1.29, 1.82) is 0 Å². The van der Waals surface area contributed by atoms with E-state index in [0.29, 0.717) is 17.5 Å². The van der Waals surface area contributed by atoms with Crippen molar-refractivity contribution in [2.45, 2.75) is 58.3 Å². The van der Waals surface area contributed by atoms with E-state index in [4.69, 9.17) is 0 Å². The van der Waals surface area contributed by atoms with Gasteiger partial charge in [0.1, 0.15) is 0 Å². The van der Waals surface area contributed by atoms with Crippen LogP contribution in [-0.2, 0) is 0 Å². The van der Waals surface area contributed by atoms with Crippen molar-refractivity contribution in [3.05, 3.63) is 23.8 Å². The van der Waals surface area contributed by atoms with Crippen molar-refractivity contribution in [3.63, 3.8) is 0 Å². The van der Waals surface area contributed by atoms with Crippen LogP contribution in [0.1, 0.15) is 56.9 Å². The number of nitrogens with one attached hydrogen (secondary N) is 4. The van der Waals surface area contributed by atoms with E-state index < -0.39 is 0 Å². The summed E-state index contributed by atoms with van der Waals surface area (Å²) in [5.41, 5.74) is 2.40. The number of urea groups is 2. The van der Waals surface area contributed by atoms with Crippen LogP contribution in [-0.4, -0.2) is 25.2 Å². The number of fused-ring (bicyclic) bond motifs is 4. The summed E-state index contributed by atoms with van der Waals surface area (Å²) in [4.78, 5) is 24.8. The van der Waals surface area contributed by atoms with Gasteiger partial charge in [-0.05, 0) is 98.7 Å². The Kier molecular flexibility index (Phi) is 5.81. The Bertz CT molecular complexity index is 841. The summed E-state index contributed by atoms with van der Waals surface area (Å²) in [6.45, 7) is 3.48. The average Bonchev–Trinajstić information content (AvgIpc) is 3.55. The zero-order valence-electron chi connectivity index (χ0n) is 18.6. The van der Waals surface area contributed by atoms with Crippen LogP contribution in [0.5, 0.6) is 0 Å². The second-order valence-electron chi connectivity index (χ2n) is 10.6. The molecule has 0 heterocycles. The fourth-order valence-electron chi connectivity index (χ4n) is 6.88. The van der Waals surface area contributed by atoms with Gasteiger partial charge in [-0.25, -0.2) is 9.59 Å². The highest BCUT2D eigenvalue weighted by Crippen LogP contribution is 2.48. The lowest BCUT2D eigenvalue weighted by Crippen LogP contribution is -2.35. The van der Waals surface area contributed by atoms with E-state index in [1.165, 1.54) is 51.4 Å². The molecule has 4 aliphatic rings. The lowest BCUT2D eigenvalue weighted by molar-refractivity contribution is 0.245. The third-order valence-electron chi connectivity index (χ3n) is 8.56.